The first-order valence-corrected chi connectivity index (χ1v) is 4.73. The predicted molar refractivity (Wildman–Crippen MR) is 52.4 cm³/mol. The second kappa shape index (κ2) is 5.92. The van der Waals surface area contributed by atoms with Crippen LogP contribution in [-0.4, -0.2) is 56.7 Å². The van der Waals surface area contributed by atoms with Gasteiger partial charge in [-0.15, -0.1) is 0 Å². The van der Waals surface area contributed by atoms with Gasteiger partial charge in [0.1, 0.15) is 6.04 Å². The van der Waals surface area contributed by atoms with E-state index >= 15 is 0 Å². The number of methoxy groups -OCH3 is 1. The summed E-state index contributed by atoms with van der Waals surface area (Å²) in [7, 11) is 1.58. The molecule has 1 aliphatic rings. The van der Waals surface area contributed by atoms with Gasteiger partial charge in [-0.2, -0.15) is 0 Å². The van der Waals surface area contributed by atoms with Crippen LogP contribution >= 0.6 is 0 Å². The van der Waals surface area contributed by atoms with Crippen molar-refractivity contribution in [3.8, 4) is 0 Å². The van der Waals surface area contributed by atoms with Crippen molar-refractivity contribution in [1.82, 2.24) is 15.6 Å². The smallest absolute Gasteiger partial charge is 0.253 e. The number of hydrogen-bond acceptors (Lipinski definition) is 5. The second-order valence-electron chi connectivity index (χ2n) is 3.27. The average molecular weight is 202 g/mol. The third kappa shape index (κ3) is 2.91. The Morgan fingerprint density at radius 3 is 2.79 bits per heavy atom. The number of ether oxygens (including phenoxy) is 1. The maximum absolute atomic E-state index is 11.4. The summed E-state index contributed by atoms with van der Waals surface area (Å²) >= 11 is 0. The SMILES string of the molecule is COCC(C(=O)NN)N1CCNCC1. The van der Waals surface area contributed by atoms with E-state index in [1.807, 2.05) is 0 Å². The Labute approximate surface area is 83.7 Å². The highest BCUT2D eigenvalue weighted by molar-refractivity contribution is 5.81. The van der Waals surface area contributed by atoms with Gasteiger partial charge in [0.2, 0.25) is 0 Å². The number of piperazine rings is 1. The zero-order valence-corrected chi connectivity index (χ0v) is 8.45. The number of nitrogens with one attached hydrogen (secondary N) is 2. The summed E-state index contributed by atoms with van der Waals surface area (Å²) in [6.45, 7) is 3.88. The van der Waals surface area contributed by atoms with Crippen LogP contribution in [0, 0.1) is 0 Å². The minimum atomic E-state index is -0.271. The molecule has 82 valence electrons. The molecule has 0 spiro atoms. The number of nitrogens with two attached hydrogens (primary N) is 1. The maximum atomic E-state index is 11.4. The van der Waals surface area contributed by atoms with Crippen molar-refractivity contribution >= 4 is 5.91 Å². The van der Waals surface area contributed by atoms with Crippen molar-refractivity contribution in [2.45, 2.75) is 6.04 Å². The molecule has 6 heteroatoms. The number of carbonyl (C=O) groups is 1. The molecular formula is C8H18N4O2. The Hall–Kier alpha value is -0.690. The van der Waals surface area contributed by atoms with Gasteiger partial charge in [-0.25, -0.2) is 5.84 Å². The third-order valence-electron chi connectivity index (χ3n) is 2.36. The summed E-state index contributed by atoms with van der Waals surface area (Å²) in [5.41, 5.74) is 2.17. The van der Waals surface area contributed by atoms with E-state index in [2.05, 4.69) is 15.6 Å². The average Bonchev–Trinajstić information content (AvgIpc) is 2.26. The Morgan fingerprint density at radius 1 is 1.64 bits per heavy atom. The number of hydrogen-bond donors (Lipinski definition) is 3. The third-order valence-corrected chi connectivity index (χ3v) is 2.36. The number of nitrogens with zero attached hydrogens (tertiary/aromatic N) is 1. The van der Waals surface area contributed by atoms with Crippen LogP contribution in [0.1, 0.15) is 0 Å². The molecule has 1 atom stereocenters. The van der Waals surface area contributed by atoms with Gasteiger partial charge in [0, 0.05) is 33.3 Å². The standard InChI is InChI=1S/C8H18N4O2/c1-14-6-7(8(13)11-9)12-4-2-10-3-5-12/h7,10H,2-6,9H2,1H3,(H,11,13). The molecule has 14 heavy (non-hydrogen) atoms. The quantitative estimate of drug-likeness (QED) is 0.276. The van der Waals surface area contributed by atoms with E-state index in [1.54, 1.807) is 7.11 Å². The highest BCUT2D eigenvalue weighted by Gasteiger charge is 2.26. The molecule has 0 aromatic heterocycles. The lowest BCUT2D eigenvalue weighted by Crippen LogP contribution is -2.56. The molecule has 4 N–H and O–H groups in total. The Morgan fingerprint density at radius 2 is 2.29 bits per heavy atom. The normalized spacial score (nSPS) is 20.4. The number of amides is 1. The van der Waals surface area contributed by atoms with Crippen molar-refractivity contribution in [2.24, 2.45) is 5.84 Å². The van der Waals surface area contributed by atoms with E-state index in [0.717, 1.165) is 26.2 Å². The monoisotopic (exact) mass is 202 g/mol. The van der Waals surface area contributed by atoms with Gasteiger partial charge in [0.05, 0.1) is 6.61 Å². The molecular weight excluding hydrogens is 184 g/mol. The molecule has 1 aliphatic heterocycles. The van der Waals surface area contributed by atoms with E-state index in [1.165, 1.54) is 0 Å². The van der Waals surface area contributed by atoms with Crippen LogP contribution in [0.5, 0.6) is 0 Å². The topological polar surface area (TPSA) is 79.6 Å². The maximum Gasteiger partial charge on any atom is 0.253 e. The molecule has 1 rings (SSSR count). The van der Waals surface area contributed by atoms with Crippen LogP contribution in [0.3, 0.4) is 0 Å². The highest BCUT2D eigenvalue weighted by Crippen LogP contribution is 2.02. The van der Waals surface area contributed by atoms with Crippen molar-refractivity contribution < 1.29 is 9.53 Å². The van der Waals surface area contributed by atoms with Crippen LogP contribution in [0.2, 0.25) is 0 Å². The Balaban J connectivity index is 2.50. The lowest BCUT2D eigenvalue weighted by molar-refractivity contribution is -0.128. The molecule has 0 bridgehead atoms. The predicted octanol–water partition coefficient (Wildman–Crippen LogP) is -2.10. The van der Waals surface area contributed by atoms with Gasteiger partial charge in [-0.1, -0.05) is 0 Å². The van der Waals surface area contributed by atoms with Crippen molar-refractivity contribution in [1.29, 1.82) is 0 Å². The van der Waals surface area contributed by atoms with Gasteiger partial charge in [0.15, 0.2) is 0 Å². The summed E-state index contributed by atoms with van der Waals surface area (Å²) in [5.74, 6) is 4.93. The first kappa shape index (κ1) is 11.4. The van der Waals surface area contributed by atoms with E-state index < -0.39 is 0 Å². The summed E-state index contributed by atoms with van der Waals surface area (Å²) in [6.07, 6.45) is 0. The molecule has 0 saturated carbocycles. The fourth-order valence-corrected chi connectivity index (χ4v) is 1.59. The summed E-state index contributed by atoms with van der Waals surface area (Å²) in [6, 6.07) is -0.271. The highest BCUT2D eigenvalue weighted by atomic mass is 16.5. The molecule has 1 saturated heterocycles. The Kier molecular flexibility index (Phi) is 4.81. The van der Waals surface area contributed by atoms with Gasteiger partial charge in [-0.3, -0.25) is 15.1 Å². The molecule has 0 aromatic rings. The number of hydrazine groups is 1. The second-order valence-corrected chi connectivity index (χ2v) is 3.27. The van der Waals surface area contributed by atoms with Gasteiger partial charge in [0.25, 0.3) is 5.91 Å². The molecule has 1 amide bonds. The van der Waals surface area contributed by atoms with E-state index in [0.29, 0.717) is 6.61 Å². The molecule has 1 fully saturated rings. The van der Waals surface area contributed by atoms with Crippen LogP contribution < -0.4 is 16.6 Å². The minimum absolute atomic E-state index is 0.186. The van der Waals surface area contributed by atoms with Crippen LogP contribution in [0.4, 0.5) is 0 Å². The first-order valence-electron chi connectivity index (χ1n) is 4.73. The fourth-order valence-electron chi connectivity index (χ4n) is 1.59. The number of rotatable bonds is 4. The summed E-state index contributed by atoms with van der Waals surface area (Å²) < 4.78 is 5.00. The van der Waals surface area contributed by atoms with E-state index in [4.69, 9.17) is 10.6 Å². The molecule has 1 heterocycles. The Bertz CT molecular complexity index is 182. The van der Waals surface area contributed by atoms with Crippen molar-refractivity contribution in [3.63, 3.8) is 0 Å². The zero-order chi connectivity index (χ0) is 10.4. The lowest BCUT2D eigenvalue weighted by Gasteiger charge is -2.33. The first-order chi connectivity index (χ1) is 6.79. The molecule has 6 nitrogen and oxygen atoms in total. The van der Waals surface area contributed by atoms with Gasteiger partial charge < -0.3 is 10.1 Å². The lowest BCUT2D eigenvalue weighted by atomic mass is 10.2. The van der Waals surface area contributed by atoms with Gasteiger partial charge in [-0.05, 0) is 0 Å². The molecule has 0 radical (unpaired) electrons. The van der Waals surface area contributed by atoms with Crippen molar-refractivity contribution in [2.75, 3.05) is 39.9 Å². The number of carbonyl (C=O) groups excluding carboxylic acids is 1. The fraction of sp³-hybridized carbons (Fsp3) is 0.875. The van der Waals surface area contributed by atoms with E-state index in [9.17, 15) is 4.79 Å². The summed E-state index contributed by atoms with van der Waals surface area (Å²) in [4.78, 5) is 13.5. The largest absolute Gasteiger partial charge is 0.383 e. The van der Waals surface area contributed by atoms with Crippen LogP contribution in [0.25, 0.3) is 0 Å². The van der Waals surface area contributed by atoms with Crippen molar-refractivity contribution in [3.05, 3.63) is 0 Å². The van der Waals surface area contributed by atoms with E-state index in [-0.39, 0.29) is 11.9 Å². The summed E-state index contributed by atoms with van der Waals surface area (Å²) in [5, 5.41) is 3.22. The van der Waals surface area contributed by atoms with Crippen LogP contribution in [0.15, 0.2) is 0 Å². The van der Waals surface area contributed by atoms with Crippen LogP contribution in [-0.2, 0) is 9.53 Å². The molecule has 0 aliphatic carbocycles. The molecule has 1 unspecified atom stereocenters. The van der Waals surface area contributed by atoms with Gasteiger partial charge >= 0.3 is 0 Å². The minimum Gasteiger partial charge on any atom is -0.383 e. The molecule has 0 aromatic carbocycles. The zero-order valence-electron chi connectivity index (χ0n) is 8.45.